The quantitative estimate of drug-likeness (QED) is 0.698. The fourth-order valence-electron chi connectivity index (χ4n) is 1.18. The van der Waals surface area contributed by atoms with Crippen molar-refractivity contribution in [2.24, 2.45) is 0 Å². The Morgan fingerprint density at radius 1 is 1.23 bits per heavy atom. The van der Waals surface area contributed by atoms with Crippen LogP contribution in [0, 0.1) is 0 Å². The molecule has 1 fully saturated rings. The van der Waals surface area contributed by atoms with Gasteiger partial charge in [0.05, 0.1) is 6.61 Å². The van der Waals surface area contributed by atoms with E-state index in [9.17, 15) is 0 Å². The lowest BCUT2D eigenvalue weighted by Gasteiger charge is -2.02. The zero-order chi connectivity index (χ0) is 9.10. The van der Waals surface area contributed by atoms with Crippen LogP contribution in [0.2, 0.25) is 0 Å². The van der Waals surface area contributed by atoms with Crippen molar-refractivity contribution < 1.29 is 14.6 Å². The maximum Gasteiger partial charge on any atom is 0.120 e. The predicted octanol–water partition coefficient (Wildman–Crippen LogP) is 0.825. The van der Waals surface area contributed by atoms with Crippen LogP contribution in [0.25, 0.3) is 0 Å². The van der Waals surface area contributed by atoms with Crippen LogP contribution in [0.3, 0.4) is 0 Å². The van der Waals surface area contributed by atoms with Gasteiger partial charge in [-0.2, -0.15) is 0 Å². The van der Waals surface area contributed by atoms with Crippen molar-refractivity contribution >= 4 is 0 Å². The first-order valence-corrected chi connectivity index (χ1v) is 4.34. The monoisotopic (exact) mass is 180 g/mol. The van der Waals surface area contributed by atoms with Gasteiger partial charge >= 0.3 is 0 Å². The molecular formula is C10H12O3. The van der Waals surface area contributed by atoms with E-state index < -0.39 is 0 Å². The van der Waals surface area contributed by atoms with Crippen molar-refractivity contribution in [2.45, 2.75) is 12.2 Å². The van der Waals surface area contributed by atoms with E-state index in [0.29, 0.717) is 6.61 Å². The van der Waals surface area contributed by atoms with Crippen LogP contribution in [0.5, 0.6) is 5.75 Å². The van der Waals surface area contributed by atoms with Gasteiger partial charge in [0.2, 0.25) is 0 Å². The Morgan fingerprint density at radius 3 is 2.62 bits per heavy atom. The molecule has 0 bridgehead atoms. The van der Waals surface area contributed by atoms with Crippen molar-refractivity contribution in [3.8, 4) is 5.75 Å². The summed E-state index contributed by atoms with van der Waals surface area (Å²) < 4.78 is 10.5. The van der Waals surface area contributed by atoms with Gasteiger partial charge in [-0.1, -0.05) is 18.2 Å². The van der Waals surface area contributed by atoms with Crippen LogP contribution in [-0.2, 0) is 4.74 Å². The molecular weight excluding hydrogens is 168 g/mol. The molecule has 0 spiro atoms. The van der Waals surface area contributed by atoms with E-state index in [2.05, 4.69) is 0 Å². The average Bonchev–Trinajstić information content (AvgIpc) is 2.95. The summed E-state index contributed by atoms with van der Waals surface area (Å²) in [6.07, 6.45) is 0.0638. The molecule has 0 saturated carbocycles. The number of aliphatic hydroxyl groups is 1. The Bertz CT molecular complexity index is 260. The van der Waals surface area contributed by atoms with E-state index in [1.54, 1.807) is 0 Å². The molecule has 2 rings (SSSR count). The summed E-state index contributed by atoms with van der Waals surface area (Å²) in [6.45, 7) is 0.609. The molecule has 0 aromatic heterocycles. The molecule has 1 N–H and O–H groups in total. The van der Waals surface area contributed by atoms with Crippen molar-refractivity contribution in [3.63, 3.8) is 0 Å². The summed E-state index contributed by atoms with van der Waals surface area (Å²) in [7, 11) is 0. The van der Waals surface area contributed by atoms with Crippen LogP contribution in [0.4, 0.5) is 0 Å². The van der Waals surface area contributed by atoms with Crippen LogP contribution < -0.4 is 4.74 Å². The minimum atomic E-state index is -0.0105. The first-order chi connectivity index (χ1) is 6.40. The highest BCUT2D eigenvalue weighted by Crippen LogP contribution is 2.22. The number of para-hydroxylation sites is 1. The van der Waals surface area contributed by atoms with E-state index in [1.807, 2.05) is 30.3 Å². The summed E-state index contributed by atoms with van der Waals surface area (Å²) in [5.74, 6) is 0.842. The number of hydrogen-bond acceptors (Lipinski definition) is 3. The Hall–Kier alpha value is -1.06. The third-order valence-electron chi connectivity index (χ3n) is 2.03. The lowest BCUT2D eigenvalue weighted by atomic mass is 10.3. The van der Waals surface area contributed by atoms with Gasteiger partial charge in [0.1, 0.15) is 24.6 Å². The van der Waals surface area contributed by atoms with E-state index in [-0.39, 0.29) is 18.8 Å². The molecule has 1 aromatic carbocycles. The topological polar surface area (TPSA) is 42.0 Å². The van der Waals surface area contributed by atoms with Gasteiger partial charge in [-0.25, -0.2) is 0 Å². The molecule has 0 unspecified atom stereocenters. The van der Waals surface area contributed by atoms with Gasteiger partial charge in [-0.05, 0) is 12.1 Å². The van der Waals surface area contributed by atoms with Crippen molar-refractivity contribution in [3.05, 3.63) is 30.3 Å². The molecule has 1 aromatic rings. The zero-order valence-corrected chi connectivity index (χ0v) is 7.22. The smallest absolute Gasteiger partial charge is 0.120 e. The van der Waals surface area contributed by atoms with Crippen LogP contribution in [0.1, 0.15) is 0 Å². The molecule has 1 saturated heterocycles. The fourth-order valence-corrected chi connectivity index (χ4v) is 1.18. The molecule has 13 heavy (non-hydrogen) atoms. The normalized spacial score (nSPS) is 25.6. The number of hydrogen-bond donors (Lipinski definition) is 1. The van der Waals surface area contributed by atoms with Crippen molar-refractivity contribution in [2.75, 3.05) is 13.2 Å². The summed E-state index contributed by atoms with van der Waals surface area (Å²) in [4.78, 5) is 0. The molecule has 2 atom stereocenters. The minimum Gasteiger partial charge on any atom is -0.491 e. The Balaban J connectivity index is 1.75. The first kappa shape index (κ1) is 8.53. The van der Waals surface area contributed by atoms with Gasteiger partial charge in [-0.3, -0.25) is 0 Å². The number of aliphatic hydroxyl groups excluding tert-OH is 1. The minimum absolute atomic E-state index is 0.0105. The van der Waals surface area contributed by atoms with Crippen molar-refractivity contribution in [1.82, 2.24) is 0 Å². The summed E-state index contributed by atoms with van der Waals surface area (Å²) in [5, 5.41) is 8.69. The second kappa shape index (κ2) is 3.77. The van der Waals surface area contributed by atoms with Gasteiger partial charge in [0.15, 0.2) is 0 Å². The van der Waals surface area contributed by atoms with Crippen LogP contribution in [-0.4, -0.2) is 30.5 Å². The Morgan fingerprint density at radius 2 is 2.00 bits per heavy atom. The molecule has 0 aliphatic carbocycles. The second-order valence-corrected chi connectivity index (χ2v) is 3.02. The van der Waals surface area contributed by atoms with E-state index in [4.69, 9.17) is 14.6 Å². The summed E-state index contributed by atoms with van der Waals surface area (Å²) in [6, 6.07) is 9.59. The van der Waals surface area contributed by atoms with Gasteiger partial charge in [-0.15, -0.1) is 0 Å². The highest BCUT2D eigenvalue weighted by Gasteiger charge is 2.38. The molecule has 70 valence electrons. The number of benzene rings is 1. The van der Waals surface area contributed by atoms with Crippen LogP contribution in [0.15, 0.2) is 30.3 Å². The maximum atomic E-state index is 8.69. The molecule has 1 heterocycles. The number of ether oxygens (including phenoxy) is 2. The molecule has 0 radical (unpaired) electrons. The average molecular weight is 180 g/mol. The van der Waals surface area contributed by atoms with Gasteiger partial charge in [0.25, 0.3) is 0 Å². The second-order valence-electron chi connectivity index (χ2n) is 3.02. The van der Waals surface area contributed by atoms with E-state index in [1.165, 1.54) is 0 Å². The molecule has 0 amide bonds. The van der Waals surface area contributed by atoms with Gasteiger partial charge < -0.3 is 14.6 Å². The fraction of sp³-hybridized carbons (Fsp3) is 0.400. The standard InChI is InChI=1S/C10H12O3/c11-6-9-10(13-9)7-12-8-4-2-1-3-5-8/h1-5,9-11H,6-7H2/t9-,10-/m0/s1. The third-order valence-corrected chi connectivity index (χ3v) is 2.03. The first-order valence-electron chi connectivity index (χ1n) is 4.34. The largest absolute Gasteiger partial charge is 0.491 e. The highest BCUT2D eigenvalue weighted by atomic mass is 16.6. The van der Waals surface area contributed by atoms with Crippen LogP contribution >= 0.6 is 0 Å². The van der Waals surface area contributed by atoms with Crippen molar-refractivity contribution in [1.29, 1.82) is 0 Å². The third kappa shape index (κ3) is 2.20. The van der Waals surface area contributed by atoms with E-state index in [0.717, 1.165) is 5.75 Å². The maximum absolute atomic E-state index is 8.69. The summed E-state index contributed by atoms with van der Waals surface area (Å²) >= 11 is 0. The Labute approximate surface area is 76.9 Å². The SMILES string of the molecule is OC[C@@H]1O[C@H]1COc1ccccc1. The summed E-state index contributed by atoms with van der Waals surface area (Å²) in [5.41, 5.74) is 0. The molecule has 3 nitrogen and oxygen atoms in total. The molecule has 1 aliphatic rings. The van der Waals surface area contributed by atoms with E-state index >= 15 is 0 Å². The molecule has 3 heteroatoms. The predicted molar refractivity (Wildman–Crippen MR) is 47.7 cm³/mol. The Kier molecular flexibility index (Phi) is 2.47. The van der Waals surface area contributed by atoms with Gasteiger partial charge in [0, 0.05) is 0 Å². The lowest BCUT2D eigenvalue weighted by Crippen LogP contribution is -2.09. The highest BCUT2D eigenvalue weighted by molar-refractivity contribution is 5.21. The number of epoxide rings is 1. The molecule has 1 aliphatic heterocycles. The zero-order valence-electron chi connectivity index (χ0n) is 7.22. The number of rotatable bonds is 4. The lowest BCUT2D eigenvalue weighted by molar-refractivity contribution is 0.233.